The molecule has 0 unspecified atom stereocenters. The maximum atomic E-state index is 12.4. The van der Waals surface area contributed by atoms with E-state index in [1.165, 1.54) is 0 Å². The zero-order valence-electron chi connectivity index (χ0n) is 14.1. The number of amides is 1. The summed E-state index contributed by atoms with van der Waals surface area (Å²) in [5, 5.41) is 12.0. The lowest BCUT2D eigenvalue weighted by Crippen LogP contribution is -2.12. The number of nitrogens with one attached hydrogen (secondary N) is 1. The van der Waals surface area contributed by atoms with Gasteiger partial charge in [0, 0.05) is 16.8 Å². The maximum Gasteiger partial charge on any atom is 0.255 e. The van der Waals surface area contributed by atoms with Crippen molar-refractivity contribution in [2.75, 3.05) is 12.4 Å². The zero-order chi connectivity index (χ0) is 17.8. The first-order chi connectivity index (χ1) is 12.1. The molecule has 0 saturated carbocycles. The molecule has 0 aliphatic carbocycles. The minimum Gasteiger partial charge on any atom is -0.497 e. The number of furan rings is 1. The Morgan fingerprint density at radius 3 is 2.68 bits per heavy atom. The second-order valence-corrected chi connectivity index (χ2v) is 5.64. The minimum atomic E-state index is -0.202. The highest BCUT2D eigenvalue weighted by Crippen LogP contribution is 2.28. The Kier molecular flexibility index (Phi) is 4.86. The van der Waals surface area contributed by atoms with Gasteiger partial charge in [-0.25, -0.2) is 0 Å². The van der Waals surface area contributed by atoms with Crippen molar-refractivity contribution < 1.29 is 19.1 Å². The molecule has 1 heterocycles. The van der Waals surface area contributed by atoms with E-state index >= 15 is 0 Å². The Morgan fingerprint density at radius 1 is 1.16 bits per heavy atom. The van der Waals surface area contributed by atoms with Gasteiger partial charge in [-0.2, -0.15) is 0 Å². The number of rotatable bonds is 5. The van der Waals surface area contributed by atoms with Crippen LogP contribution in [0.25, 0.3) is 11.3 Å². The van der Waals surface area contributed by atoms with Gasteiger partial charge in [-0.1, -0.05) is 6.07 Å². The fourth-order valence-electron chi connectivity index (χ4n) is 2.59. The molecule has 2 aromatic carbocycles. The third-order valence-corrected chi connectivity index (χ3v) is 3.90. The molecule has 1 amide bonds. The molecular formula is C20H19NO4. The lowest BCUT2D eigenvalue weighted by atomic mass is 10.1. The van der Waals surface area contributed by atoms with Crippen LogP contribution in [0.4, 0.5) is 5.69 Å². The Morgan fingerprint density at radius 2 is 2.00 bits per heavy atom. The SMILES string of the molecule is COc1cccc(C(=O)Nc2ccc(-c3ccc(CO)o3)c(C)c2)c1. The van der Waals surface area contributed by atoms with E-state index in [-0.39, 0.29) is 12.5 Å². The second kappa shape index (κ2) is 7.23. The number of anilines is 1. The molecule has 1 aromatic heterocycles. The summed E-state index contributed by atoms with van der Waals surface area (Å²) >= 11 is 0. The van der Waals surface area contributed by atoms with Crippen LogP contribution in [0.1, 0.15) is 21.7 Å². The van der Waals surface area contributed by atoms with E-state index < -0.39 is 0 Å². The molecule has 0 radical (unpaired) electrons. The molecule has 3 rings (SSSR count). The van der Waals surface area contributed by atoms with E-state index in [0.717, 1.165) is 11.1 Å². The van der Waals surface area contributed by atoms with Crippen molar-refractivity contribution in [3.8, 4) is 17.1 Å². The van der Waals surface area contributed by atoms with E-state index in [2.05, 4.69) is 5.32 Å². The Bertz CT molecular complexity index is 898. The molecule has 0 saturated heterocycles. The summed E-state index contributed by atoms with van der Waals surface area (Å²) < 4.78 is 10.7. The predicted molar refractivity (Wildman–Crippen MR) is 95.8 cm³/mol. The number of carbonyl (C=O) groups is 1. The van der Waals surface area contributed by atoms with Crippen LogP contribution in [0.2, 0.25) is 0 Å². The monoisotopic (exact) mass is 337 g/mol. The van der Waals surface area contributed by atoms with Crippen LogP contribution in [-0.2, 0) is 6.61 Å². The molecule has 0 aliphatic rings. The van der Waals surface area contributed by atoms with Crippen LogP contribution < -0.4 is 10.1 Å². The Labute approximate surface area is 145 Å². The lowest BCUT2D eigenvalue weighted by Gasteiger charge is -2.09. The van der Waals surface area contributed by atoms with Crippen LogP contribution in [0.5, 0.6) is 5.75 Å². The predicted octanol–water partition coefficient (Wildman–Crippen LogP) is 4.01. The molecule has 0 spiro atoms. The smallest absolute Gasteiger partial charge is 0.255 e. The van der Waals surface area contributed by atoms with Crippen molar-refractivity contribution in [3.63, 3.8) is 0 Å². The summed E-state index contributed by atoms with van der Waals surface area (Å²) in [6.07, 6.45) is 0. The zero-order valence-corrected chi connectivity index (χ0v) is 14.1. The average molecular weight is 337 g/mol. The molecule has 0 atom stereocenters. The Hall–Kier alpha value is -3.05. The standard InChI is InChI=1S/C20H19NO4/c1-13-10-15(6-8-18(13)19-9-7-17(12-22)25-19)21-20(23)14-4-3-5-16(11-14)24-2/h3-11,22H,12H2,1-2H3,(H,21,23). The fraction of sp³-hybridized carbons (Fsp3) is 0.150. The molecule has 2 N–H and O–H groups in total. The van der Waals surface area contributed by atoms with Crippen molar-refractivity contribution >= 4 is 11.6 Å². The summed E-state index contributed by atoms with van der Waals surface area (Å²) in [5.41, 5.74) is 3.10. The highest BCUT2D eigenvalue weighted by molar-refractivity contribution is 6.04. The van der Waals surface area contributed by atoms with Crippen LogP contribution in [0, 0.1) is 6.92 Å². The van der Waals surface area contributed by atoms with Gasteiger partial charge in [-0.3, -0.25) is 4.79 Å². The van der Waals surface area contributed by atoms with E-state index in [1.54, 1.807) is 37.4 Å². The quantitative estimate of drug-likeness (QED) is 0.738. The highest BCUT2D eigenvalue weighted by atomic mass is 16.5. The first-order valence-electron chi connectivity index (χ1n) is 7.86. The summed E-state index contributed by atoms with van der Waals surface area (Å²) in [6, 6.07) is 16.1. The normalized spacial score (nSPS) is 10.5. The molecular weight excluding hydrogens is 318 g/mol. The second-order valence-electron chi connectivity index (χ2n) is 5.64. The van der Waals surface area contributed by atoms with Gasteiger partial charge >= 0.3 is 0 Å². The third kappa shape index (κ3) is 3.72. The number of hydrogen-bond donors (Lipinski definition) is 2. The first-order valence-corrected chi connectivity index (χ1v) is 7.86. The highest BCUT2D eigenvalue weighted by Gasteiger charge is 2.11. The number of benzene rings is 2. The molecule has 25 heavy (non-hydrogen) atoms. The molecule has 0 fully saturated rings. The molecule has 5 nitrogen and oxygen atoms in total. The van der Waals surface area contributed by atoms with Crippen LogP contribution in [-0.4, -0.2) is 18.1 Å². The van der Waals surface area contributed by atoms with Gasteiger partial charge in [0.25, 0.3) is 5.91 Å². The molecule has 3 aromatic rings. The largest absolute Gasteiger partial charge is 0.497 e. The van der Waals surface area contributed by atoms with Gasteiger partial charge in [0.05, 0.1) is 7.11 Å². The van der Waals surface area contributed by atoms with Crippen molar-refractivity contribution in [2.45, 2.75) is 13.5 Å². The summed E-state index contributed by atoms with van der Waals surface area (Å²) in [5.74, 6) is 1.64. The first kappa shape index (κ1) is 16.8. The van der Waals surface area contributed by atoms with E-state index in [9.17, 15) is 4.79 Å². The van der Waals surface area contributed by atoms with Gasteiger partial charge in [0.2, 0.25) is 0 Å². The van der Waals surface area contributed by atoms with Gasteiger partial charge in [0.15, 0.2) is 0 Å². The molecule has 0 aliphatic heterocycles. The number of hydrogen-bond acceptors (Lipinski definition) is 4. The fourth-order valence-corrected chi connectivity index (χ4v) is 2.59. The van der Waals surface area contributed by atoms with E-state index in [1.807, 2.05) is 31.2 Å². The third-order valence-electron chi connectivity index (χ3n) is 3.90. The van der Waals surface area contributed by atoms with E-state index in [4.69, 9.17) is 14.3 Å². The number of methoxy groups -OCH3 is 1. The Balaban J connectivity index is 1.79. The van der Waals surface area contributed by atoms with Crippen LogP contribution in [0.3, 0.4) is 0 Å². The summed E-state index contributed by atoms with van der Waals surface area (Å²) in [4.78, 5) is 12.4. The average Bonchev–Trinajstić information content (AvgIpc) is 3.10. The molecule has 128 valence electrons. The van der Waals surface area contributed by atoms with Gasteiger partial charge in [-0.15, -0.1) is 0 Å². The van der Waals surface area contributed by atoms with Gasteiger partial charge in [-0.05, 0) is 61.0 Å². The van der Waals surface area contributed by atoms with Crippen molar-refractivity contribution in [3.05, 3.63) is 71.5 Å². The number of carbonyl (C=O) groups excluding carboxylic acids is 1. The van der Waals surface area contributed by atoms with Crippen LogP contribution in [0.15, 0.2) is 59.0 Å². The lowest BCUT2D eigenvalue weighted by molar-refractivity contribution is 0.102. The van der Waals surface area contributed by atoms with E-state index in [0.29, 0.717) is 28.5 Å². The maximum absolute atomic E-state index is 12.4. The summed E-state index contributed by atoms with van der Waals surface area (Å²) in [6.45, 7) is 1.81. The number of ether oxygens (including phenoxy) is 1. The number of aliphatic hydroxyl groups is 1. The number of aryl methyl sites for hydroxylation is 1. The number of aliphatic hydroxyl groups excluding tert-OH is 1. The van der Waals surface area contributed by atoms with Crippen molar-refractivity contribution in [2.24, 2.45) is 0 Å². The van der Waals surface area contributed by atoms with Gasteiger partial charge in [0.1, 0.15) is 23.9 Å². The van der Waals surface area contributed by atoms with Crippen molar-refractivity contribution in [1.82, 2.24) is 0 Å². The summed E-state index contributed by atoms with van der Waals surface area (Å²) in [7, 11) is 1.57. The van der Waals surface area contributed by atoms with Gasteiger partial charge < -0.3 is 19.6 Å². The topological polar surface area (TPSA) is 71.7 Å². The minimum absolute atomic E-state index is 0.131. The van der Waals surface area contributed by atoms with Crippen molar-refractivity contribution in [1.29, 1.82) is 0 Å². The van der Waals surface area contributed by atoms with Crippen LogP contribution >= 0.6 is 0 Å². The molecule has 0 bridgehead atoms. The molecule has 5 heteroatoms.